The van der Waals surface area contributed by atoms with Crippen LogP contribution in [0.25, 0.3) is 11.5 Å². The number of nitrogen functional groups attached to an aromatic ring is 1. The van der Waals surface area contributed by atoms with Crippen molar-refractivity contribution in [3.8, 4) is 11.5 Å². The Bertz CT molecular complexity index is 1110. The van der Waals surface area contributed by atoms with E-state index < -0.39 is 25.4 Å². The predicted molar refractivity (Wildman–Crippen MR) is 118 cm³/mol. The summed E-state index contributed by atoms with van der Waals surface area (Å²) in [6.45, 7) is 5.76. The average molecular weight is 488 g/mol. The Labute approximate surface area is 187 Å². The van der Waals surface area contributed by atoms with E-state index in [1.807, 2.05) is 13.8 Å². The number of nitrogens with zero attached hydrogens (tertiary/aromatic N) is 1. The summed E-state index contributed by atoms with van der Waals surface area (Å²) >= 11 is 1.28. The second-order valence-corrected chi connectivity index (χ2v) is 10.5. The largest absolute Gasteiger partial charge is 0.462 e. The molecule has 3 rings (SSSR count). The van der Waals surface area contributed by atoms with E-state index >= 15 is 0 Å². The third kappa shape index (κ3) is 5.43. The third-order valence-electron chi connectivity index (χ3n) is 4.72. The maximum absolute atomic E-state index is 13.2. The highest BCUT2D eigenvalue weighted by atomic mass is 32.1. The van der Waals surface area contributed by atoms with Crippen molar-refractivity contribution in [3.63, 3.8) is 0 Å². The van der Waals surface area contributed by atoms with Gasteiger partial charge in [0.1, 0.15) is 11.0 Å². The van der Waals surface area contributed by atoms with Gasteiger partial charge in [-0.15, -0.1) is 11.3 Å². The molecule has 2 unspecified atom stereocenters. The molecule has 0 aliphatic carbocycles. The van der Waals surface area contributed by atoms with Crippen molar-refractivity contribution in [1.82, 2.24) is 4.98 Å². The molecule has 0 fully saturated rings. The van der Waals surface area contributed by atoms with Crippen molar-refractivity contribution >= 4 is 29.4 Å². The predicted octanol–water partition coefficient (Wildman–Crippen LogP) is 6.18. The summed E-state index contributed by atoms with van der Waals surface area (Å²) in [7, 11) is -4.42. The Balaban J connectivity index is 1.91. The Morgan fingerprint density at radius 3 is 2.47 bits per heavy atom. The molecule has 0 aliphatic rings. The van der Waals surface area contributed by atoms with E-state index in [1.165, 1.54) is 35.8 Å². The lowest BCUT2D eigenvalue weighted by molar-refractivity contribution is -0.137. The maximum atomic E-state index is 13.2. The van der Waals surface area contributed by atoms with Gasteiger partial charge in [0.25, 0.3) is 0 Å². The second kappa shape index (κ2) is 9.39. The molecule has 0 amide bonds. The van der Waals surface area contributed by atoms with E-state index in [9.17, 15) is 22.6 Å². The van der Waals surface area contributed by atoms with Gasteiger partial charge in [-0.25, -0.2) is 4.98 Å². The summed E-state index contributed by atoms with van der Waals surface area (Å²) in [6.07, 6.45) is -3.17. The fourth-order valence-electron chi connectivity index (χ4n) is 3.25. The molecule has 3 N–H and O–H groups in total. The molecule has 2 atom stereocenters. The summed E-state index contributed by atoms with van der Waals surface area (Å²) in [5.74, 6) is 0.398. The highest BCUT2D eigenvalue weighted by Gasteiger charge is 2.35. The SMILES string of the molecule is CCC(OP(=O)(O)c1ccoc1-c1nc(N)sc1CC(C)C)c1ccc(C(F)(F)F)cc1. The van der Waals surface area contributed by atoms with E-state index in [-0.39, 0.29) is 17.5 Å². The van der Waals surface area contributed by atoms with Gasteiger partial charge in [-0.05, 0) is 42.5 Å². The lowest BCUT2D eigenvalue weighted by Gasteiger charge is -2.21. The van der Waals surface area contributed by atoms with E-state index in [1.54, 1.807) is 6.92 Å². The molecule has 2 aromatic heterocycles. The topological polar surface area (TPSA) is 98.6 Å². The lowest BCUT2D eigenvalue weighted by atomic mass is 10.1. The van der Waals surface area contributed by atoms with Crippen LogP contribution in [0.3, 0.4) is 0 Å². The normalized spacial score (nSPS) is 15.1. The zero-order valence-corrected chi connectivity index (χ0v) is 19.4. The van der Waals surface area contributed by atoms with Crippen molar-refractivity contribution in [2.75, 3.05) is 5.73 Å². The number of hydrogen-bond donors (Lipinski definition) is 2. The maximum Gasteiger partial charge on any atom is 0.416 e. The van der Waals surface area contributed by atoms with Crippen LogP contribution in [0.5, 0.6) is 0 Å². The average Bonchev–Trinajstić information content (AvgIpc) is 3.32. The van der Waals surface area contributed by atoms with Gasteiger partial charge in [0.2, 0.25) is 0 Å². The highest BCUT2D eigenvalue weighted by Crippen LogP contribution is 2.50. The van der Waals surface area contributed by atoms with Crippen LogP contribution < -0.4 is 11.0 Å². The van der Waals surface area contributed by atoms with Crippen LogP contribution in [0.4, 0.5) is 18.3 Å². The number of aromatic nitrogens is 1. The molecule has 0 bridgehead atoms. The van der Waals surface area contributed by atoms with Crippen molar-refractivity contribution in [1.29, 1.82) is 0 Å². The number of furan rings is 1. The molecular formula is C21H24F3N2O4PS. The summed E-state index contributed by atoms with van der Waals surface area (Å²) in [5, 5.41) is 0.237. The molecule has 0 aliphatic heterocycles. The number of rotatable bonds is 8. The van der Waals surface area contributed by atoms with Gasteiger partial charge < -0.3 is 15.0 Å². The molecule has 6 nitrogen and oxygen atoms in total. The van der Waals surface area contributed by atoms with Crippen LogP contribution in [-0.2, 0) is 21.7 Å². The summed E-state index contributed by atoms with van der Waals surface area (Å²) in [6, 6.07) is 5.67. The van der Waals surface area contributed by atoms with E-state index in [4.69, 9.17) is 14.7 Å². The molecular weight excluding hydrogens is 464 g/mol. The standard InChI is InChI=1S/C21H24F3N2O4PS/c1-4-15(13-5-7-14(8-6-13)21(22,23)24)30-31(27,28)16-9-10-29-19(16)18-17(11-12(2)3)32-20(25)26-18/h5-10,12,15H,4,11H2,1-3H3,(H2,25,26)(H,27,28). The number of anilines is 1. The minimum absolute atomic E-state index is 0.0711. The number of nitrogens with two attached hydrogens (primary N) is 1. The second-order valence-electron chi connectivity index (χ2n) is 7.70. The smallest absolute Gasteiger partial charge is 0.416 e. The van der Waals surface area contributed by atoms with Gasteiger partial charge in [0, 0.05) is 4.88 Å². The minimum Gasteiger partial charge on any atom is -0.462 e. The molecule has 1 aromatic carbocycles. The van der Waals surface area contributed by atoms with E-state index in [2.05, 4.69) is 4.98 Å². The van der Waals surface area contributed by atoms with E-state index in [0.29, 0.717) is 28.7 Å². The monoisotopic (exact) mass is 488 g/mol. The molecule has 11 heteroatoms. The molecule has 2 heterocycles. The van der Waals surface area contributed by atoms with Crippen LogP contribution >= 0.6 is 18.9 Å². The van der Waals surface area contributed by atoms with Gasteiger partial charge in [0.05, 0.1) is 17.9 Å². The first kappa shape index (κ1) is 24.5. The molecule has 0 radical (unpaired) electrons. The number of alkyl halides is 3. The van der Waals surface area contributed by atoms with Crippen LogP contribution in [-0.4, -0.2) is 9.88 Å². The van der Waals surface area contributed by atoms with Crippen molar-refractivity contribution in [2.45, 2.75) is 45.9 Å². The summed E-state index contributed by atoms with van der Waals surface area (Å²) < 4.78 is 62.8. The minimum atomic E-state index is -4.47. The number of halogens is 3. The van der Waals surface area contributed by atoms with Crippen molar-refractivity contribution < 1.29 is 31.6 Å². The molecule has 0 spiro atoms. The van der Waals surface area contributed by atoms with Crippen LogP contribution in [0.2, 0.25) is 0 Å². The zero-order chi connectivity index (χ0) is 23.7. The Morgan fingerprint density at radius 1 is 1.25 bits per heavy atom. The number of benzene rings is 1. The lowest BCUT2D eigenvalue weighted by Crippen LogP contribution is -2.12. The Hall–Kier alpha value is -2.13. The highest BCUT2D eigenvalue weighted by molar-refractivity contribution is 7.61. The zero-order valence-electron chi connectivity index (χ0n) is 17.7. The fraction of sp³-hybridized carbons (Fsp3) is 0.381. The Morgan fingerprint density at radius 2 is 1.91 bits per heavy atom. The van der Waals surface area contributed by atoms with Crippen molar-refractivity contribution in [2.24, 2.45) is 5.92 Å². The van der Waals surface area contributed by atoms with Crippen LogP contribution in [0.1, 0.15) is 49.3 Å². The molecule has 0 saturated carbocycles. The van der Waals surface area contributed by atoms with Gasteiger partial charge in [-0.2, -0.15) is 13.2 Å². The molecule has 3 aromatic rings. The fourth-order valence-corrected chi connectivity index (χ4v) is 5.68. The van der Waals surface area contributed by atoms with Crippen LogP contribution in [0, 0.1) is 5.92 Å². The van der Waals surface area contributed by atoms with E-state index in [0.717, 1.165) is 17.0 Å². The summed E-state index contributed by atoms with van der Waals surface area (Å²) in [5.41, 5.74) is 5.81. The summed E-state index contributed by atoms with van der Waals surface area (Å²) in [4.78, 5) is 15.9. The van der Waals surface area contributed by atoms with Crippen molar-refractivity contribution in [3.05, 3.63) is 52.6 Å². The first-order valence-electron chi connectivity index (χ1n) is 9.94. The quantitative estimate of drug-likeness (QED) is 0.368. The number of thiazole rings is 1. The van der Waals surface area contributed by atoms with Gasteiger partial charge >= 0.3 is 13.8 Å². The molecule has 0 saturated heterocycles. The number of hydrogen-bond acceptors (Lipinski definition) is 6. The molecule has 32 heavy (non-hydrogen) atoms. The molecule has 174 valence electrons. The van der Waals surface area contributed by atoms with Gasteiger partial charge in [-0.3, -0.25) is 9.09 Å². The van der Waals surface area contributed by atoms with Crippen LogP contribution in [0.15, 0.2) is 41.0 Å². The van der Waals surface area contributed by atoms with Gasteiger partial charge in [0.15, 0.2) is 10.9 Å². The first-order valence-corrected chi connectivity index (χ1v) is 12.3. The first-order chi connectivity index (χ1) is 14.9. The Kier molecular flexibility index (Phi) is 7.19. The third-order valence-corrected chi connectivity index (χ3v) is 7.13. The van der Waals surface area contributed by atoms with Gasteiger partial charge in [-0.1, -0.05) is 32.9 Å².